The number of nitrogens with zero attached hydrogens (tertiary/aromatic N) is 1. The van der Waals surface area contributed by atoms with Crippen LogP contribution in [0.4, 0.5) is 5.69 Å². The van der Waals surface area contributed by atoms with Crippen LogP contribution in [0.15, 0.2) is 18.5 Å². The van der Waals surface area contributed by atoms with Crippen molar-refractivity contribution in [3.8, 4) is 0 Å². The fourth-order valence-electron chi connectivity index (χ4n) is 1.85. The van der Waals surface area contributed by atoms with Crippen LogP contribution in [0.5, 0.6) is 0 Å². The number of fused-ring (bicyclic) bond motifs is 1. The van der Waals surface area contributed by atoms with Gasteiger partial charge in [-0.3, -0.25) is 9.78 Å². The average molecular weight is 295 g/mol. The SMILES string of the molecule is CCC(CSC)NC(=O)c1sc2cnccc2c1N. The summed E-state index contributed by atoms with van der Waals surface area (Å²) in [5.41, 5.74) is 6.60. The molecule has 1 amide bonds. The van der Waals surface area contributed by atoms with Crippen LogP contribution in [-0.4, -0.2) is 28.9 Å². The zero-order chi connectivity index (χ0) is 13.8. The van der Waals surface area contributed by atoms with E-state index in [0.717, 1.165) is 22.3 Å². The number of hydrogen-bond acceptors (Lipinski definition) is 5. The molecule has 0 radical (unpaired) electrons. The molecule has 0 bridgehead atoms. The third-order valence-corrected chi connectivity index (χ3v) is 4.82. The molecule has 2 aromatic heterocycles. The standard InChI is InChI=1S/C13H17N3OS2/c1-3-8(7-18-2)16-13(17)12-11(14)9-4-5-15-6-10(9)19-12/h4-6,8H,3,7,14H2,1-2H3,(H,16,17). The third kappa shape index (κ3) is 3.01. The minimum atomic E-state index is -0.0837. The van der Waals surface area contributed by atoms with Crippen molar-refractivity contribution in [3.05, 3.63) is 23.3 Å². The lowest BCUT2D eigenvalue weighted by atomic mass is 10.2. The number of aromatic nitrogens is 1. The van der Waals surface area contributed by atoms with E-state index in [4.69, 9.17) is 5.73 Å². The van der Waals surface area contributed by atoms with Gasteiger partial charge in [0.15, 0.2) is 0 Å². The van der Waals surface area contributed by atoms with Gasteiger partial charge in [0.2, 0.25) is 0 Å². The number of thiophene rings is 1. The molecular weight excluding hydrogens is 278 g/mol. The molecule has 2 aromatic rings. The first-order valence-corrected chi connectivity index (χ1v) is 8.30. The topological polar surface area (TPSA) is 68.0 Å². The summed E-state index contributed by atoms with van der Waals surface area (Å²) in [5, 5.41) is 3.94. The van der Waals surface area contributed by atoms with Gasteiger partial charge in [-0.1, -0.05) is 6.92 Å². The molecule has 2 rings (SSSR count). The number of nitrogens with two attached hydrogens (primary N) is 1. The first-order valence-electron chi connectivity index (χ1n) is 6.09. The summed E-state index contributed by atoms with van der Waals surface area (Å²) in [4.78, 5) is 16.9. The Morgan fingerprint density at radius 2 is 2.42 bits per heavy atom. The maximum absolute atomic E-state index is 12.3. The summed E-state index contributed by atoms with van der Waals surface area (Å²) in [5.74, 6) is 0.828. The van der Waals surface area contributed by atoms with Crippen LogP contribution < -0.4 is 11.1 Å². The van der Waals surface area contributed by atoms with Crippen molar-refractivity contribution in [2.75, 3.05) is 17.7 Å². The molecule has 0 aliphatic carbocycles. The maximum Gasteiger partial charge on any atom is 0.263 e. The van der Waals surface area contributed by atoms with Crippen LogP contribution in [0.3, 0.4) is 0 Å². The second kappa shape index (κ2) is 6.25. The van der Waals surface area contributed by atoms with Gasteiger partial charge in [0.05, 0.1) is 10.4 Å². The molecule has 0 spiro atoms. The fourth-order valence-corrected chi connectivity index (χ4v) is 3.57. The molecule has 3 N–H and O–H groups in total. The number of nitrogen functional groups attached to an aromatic ring is 1. The van der Waals surface area contributed by atoms with Crippen molar-refractivity contribution >= 4 is 44.8 Å². The van der Waals surface area contributed by atoms with Gasteiger partial charge in [-0.2, -0.15) is 11.8 Å². The van der Waals surface area contributed by atoms with Crippen LogP contribution in [-0.2, 0) is 0 Å². The largest absolute Gasteiger partial charge is 0.397 e. The van der Waals surface area contributed by atoms with Gasteiger partial charge in [0.1, 0.15) is 4.88 Å². The third-order valence-electron chi connectivity index (χ3n) is 2.93. The summed E-state index contributed by atoms with van der Waals surface area (Å²) in [6, 6.07) is 2.03. The first-order chi connectivity index (χ1) is 9.17. The zero-order valence-corrected chi connectivity index (χ0v) is 12.6. The molecule has 0 aliphatic rings. The highest BCUT2D eigenvalue weighted by Gasteiger charge is 2.18. The Balaban J connectivity index is 2.24. The smallest absolute Gasteiger partial charge is 0.263 e. The number of pyridine rings is 1. The molecule has 0 aromatic carbocycles. The maximum atomic E-state index is 12.3. The second-order valence-corrected chi connectivity index (χ2v) is 6.21. The normalized spacial score (nSPS) is 12.5. The summed E-state index contributed by atoms with van der Waals surface area (Å²) in [6.45, 7) is 2.07. The number of nitrogens with one attached hydrogen (secondary N) is 1. The number of carbonyl (C=O) groups is 1. The van der Waals surface area contributed by atoms with Crippen LogP contribution in [0.1, 0.15) is 23.0 Å². The molecule has 0 saturated carbocycles. The van der Waals surface area contributed by atoms with Crippen molar-refractivity contribution in [3.63, 3.8) is 0 Å². The minimum Gasteiger partial charge on any atom is -0.397 e. The Morgan fingerprint density at radius 1 is 1.63 bits per heavy atom. The monoisotopic (exact) mass is 295 g/mol. The predicted molar refractivity (Wildman–Crippen MR) is 84.0 cm³/mol. The fraction of sp³-hybridized carbons (Fsp3) is 0.385. The highest BCUT2D eigenvalue weighted by atomic mass is 32.2. The lowest BCUT2D eigenvalue weighted by molar-refractivity contribution is 0.0945. The van der Waals surface area contributed by atoms with Crippen LogP contribution >= 0.6 is 23.1 Å². The molecule has 19 heavy (non-hydrogen) atoms. The highest BCUT2D eigenvalue weighted by Crippen LogP contribution is 2.32. The summed E-state index contributed by atoms with van der Waals surface area (Å²) in [6.07, 6.45) is 6.38. The number of anilines is 1. The summed E-state index contributed by atoms with van der Waals surface area (Å²) in [7, 11) is 0. The van der Waals surface area contributed by atoms with Gasteiger partial charge in [-0.25, -0.2) is 0 Å². The van der Waals surface area contributed by atoms with Crippen LogP contribution in [0, 0.1) is 0 Å². The number of rotatable bonds is 5. The van der Waals surface area contributed by atoms with Crippen molar-refractivity contribution in [2.24, 2.45) is 0 Å². The first kappa shape index (κ1) is 14.1. The molecule has 2 heterocycles. The van der Waals surface area contributed by atoms with Crippen molar-refractivity contribution in [1.29, 1.82) is 0 Å². The molecule has 1 unspecified atom stereocenters. The lowest BCUT2D eigenvalue weighted by Crippen LogP contribution is -2.36. The van der Waals surface area contributed by atoms with Crippen molar-refractivity contribution < 1.29 is 4.79 Å². The van der Waals surface area contributed by atoms with Crippen LogP contribution in [0.25, 0.3) is 10.1 Å². The molecule has 6 heteroatoms. The van der Waals surface area contributed by atoms with E-state index in [2.05, 4.69) is 17.2 Å². The van der Waals surface area contributed by atoms with Gasteiger partial charge >= 0.3 is 0 Å². The number of amides is 1. The minimum absolute atomic E-state index is 0.0837. The Morgan fingerprint density at radius 3 is 3.05 bits per heavy atom. The van der Waals surface area contributed by atoms with E-state index >= 15 is 0 Å². The Kier molecular flexibility index (Phi) is 4.66. The van der Waals surface area contributed by atoms with E-state index in [0.29, 0.717) is 10.6 Å². The van der Waals surface area contributed by atoms with E-state index in [1.807, 2.05) is 12.3 Å². The zero-order valence-electron chi connectivity index (χ0n) is 11.0. The van der Waals surface area contributed by atoms with Gasteiger partial charge in [0.25, 0.3) is 5.91 Å². The van der Waals surface area contributed by atoms with Gasteiger partial charge in [-0.15, -0.1) is 11.3 Å². The van der Waals surface area contributed by atoms with Crippen LogP contribution in [0.2, 0.25) is 0 Å². The lowest BCUT2D eigenvalue weighted by Gasteiger charge is -2.15. The van der Waals surface area contributed by atoms with E-state index in [1.165, 1.54) is 11.3 Å². The van der Waals surface area contributed by atoms with Gasteiger partial charge in [-0.05, 0) is 18.7 Å². The van der Waals surface area contributed by atoms with E-state index in [9.17, 15) is 4.79 Å². The van der Waals surface area contributed by atoms with E-state index < -0.39 is 0 Å². The quantitative estimate of drug-likeness (QED) is 0.890. The van der Waals surface area contributed by atoms with Crippen molar-refractivity contribution in [2.45, 2.75) is 19.4 Å². The van der Waals surface area contributed by atoms with Crippen molar-refractivity contribution in [1.82, 2.24) is 10.3 Å². The second-order valence-electron chi connectivity index (χ2n) is 4.25. The molecule has 0 saturated heterocycles. The number of hydrogen-bond donors (Lipinski definition) is 2. The molecule has 0 aliphatic heterocycles. The van der Waals surface area contributed by atoms with E-state index in [1.54, 1.807) is 24.2 Å². The summed E-state index contributed by atoms with van der Waals surface area (Å²) < 4.78 is 0.947. The Labute approximate surface area is 120 Å². The number of thioether (sulfide) groups is 1. The Bertz CT molecular complexity index is 582. The van der Waals surface area contributed by atoms with Gasteiger partial charge in [0, 0.05) is 29.6 Å². The average Bonchev–Trinajstić information content (AvgIpc) is 2.76. The Hall–Kier alpha value is -1.27. The molecule has 102 valence electrons. The van der Waals surface area contributed by atoms with E-state index in [-0.39, 0.29) is 11.9 Å². The molecule has 0 fully saturated rings. The molecule has 4 nitrogen and oxygen atoms in total. The molecular formula is C13H17N3OS2. The molecule has 1 atom stereocenters. The van der Waals surface area contributed by atoms with Gasteiger partial charge < -0.3 is 11.1 Å². The number of carbonyl (C=O) groups excluding carboxylic acids is 1. The predicted octanol–water partition coefficient (Wildman–Crippen LogP) is 2.75. The highest BCUT2D eigenvalue weighted by molar-refractivity contribution is 7.98. The summed E-state index contributed by atoms with van der Waals surface area (Å²) >= 11 is 3.12.